The van der Waals surface area contributed by atoms with Gasteiger partial charge in [0.25, 0.3) is 36.3 Å². The third-order valence-corrected chi connectivity index (χ3v) is 14.2. The largest absolute Gasteiger partial charge is 0.469 e. The van der Waals surface area contributed by atoms with Crippen molar-refractivity contribution in [3.8, 4) is 0 Å². The second kappa shape index (κ2) is 21.8. The molecule has 5 heterocycles. The van der Waals surface area contributed by atoms with Crippen molar-refractivity contribution < 1.29 is 58.0 Å². The molecule has 2 aliphatic rings. The van der Waals surface area contributed by atoms with E-state index in [0.29, 0.717) is 45.6 Å². The van der Waals surface area contributed by atoms with Crippen LogP contribution in [0.15, 0.2) is 18.2 Å². The topological polar surface area (TPSA) is 317 Å². The summed E-state index contributed by atoms with van der Waals surface area (Å²) in [5, 5.41) is 8.78. The van der Waals surface area contributed by atoms with Gasteiger partial charge in [0.15, 0.2) is 0 Å². The van der Waals surface area contributed by atoms with E-state index in [1.54, 1.807) is 19.9 Å². The number of nitrogens with zero attached hydrogens (tertiary/aromatic N) is 2. The van der Waals surface area contributed by atoms with Gasteiger partial charge in [0.05, 0.1) is 59.1 Å². The smallest absolute Gasteiger partial charge is 0.310 e. The number of esters is 1. The number of fused-ring (bicyclic) bond motifs is 8. The average molecular weight is 990 g/mol. The predicted octanol–water partition coefficient (Wildman–Crippen LogP) is 4.57. The Morgan fingerprint density at radius 1 is 0.701 bits per heavy atom. The Balaban J connectivity index is 1.84. The van der Waals surface area contributed by atoms with Gasteiger partial charge in [-0.1, -0.05) is 6.92 Å². The van der Waals surface area contributed by atoms with Crippen LogP contribution in [0.3, 0.4) is 0 Å². The number of H-pyrrole nitrogens is 2. The fraction of sp³-hybridized carbons (Fsp3) is 0.477. The average Bonchev–Trinajstić information content (AvgIpc) is 3.92. The Morgan fingerprint density at radius 2 is 1.24 bits per heavy atom. The first-order chi connectivity index (χ1) is 31.3. The summed E-state index contributed by atoms with van der Waals surface area (Å²) in [6.45, 7) is 11.5. The molecule has 8 N–H and O–H groups in total. The highest BCUT2D eigenvalue weighted by atomic mass is 32.2. The van der Waals surface area contributed by atoms with Crippen molar-refractivity contribution in [1.29, 1.82) is 0 Å². The van der Waals surface area contributed by atoms with Crippen LogP contribution in [0, 0.1) is 13.8 Å². The minimum atomic E-state index is -4.31. The Bertz CT molecular complexity index is 3030. The number of hydrogen-bond acceptors (Lipinski definition) is 13. The fourth-order valence-corrected chi connectivity index (χ4v) is 9.84. The number of aromatic nitrogens is 4. The van der Waals surface area contributed by atoms with E-state index in [4.69, 9.17) is 19.3 Å². The van der Waals surface area contributed by atoms with E-state index in [9.17, 15) is 48.7 Å². The summed E-state index contributed by atoms with van der Waals surface area (Å²) < 4.78 is 101. The van der Waals surface area contributed by atoms with Gasteiger partial charge in [-0.3, -0.25) is 28.0 Å². The number of hydrogen-bond donors (Lipinski definition) is 8. The molecule has 2 aliphatic heterocycles. The zero-order chi connectivity index (χ0) is 49.6. The van der Waals surface area contributed by atoms with Gasteiger partial charge in [0.1, 0.15) is 0 Å². The van der Waals surface area contributed by atoms with Crippen molar-refractivity contribution in [3.05, 3.63) is 68.8 Å². The number of carbonyl (C=O) groups is 3. The Kier molecular flexibility index (Phi) is 17.1. The third-order valence-electron chi connectivity index (χ3n) is 11.8. The van der Waals surface area contributed by atoms with E-state index in [1.165, 1.54) is 7.11 Å². The van der Waals surface area contributed by atoms with Gasteiger partial charge in [0, 0.05) is 53.2 Å². The zero-order valence-corrected chi connectivity index (χ0v) is 41.0. The highest BCUT2D eigenvalue weighted by Gasteiger charge is 2.31. The first-order valence-electron chi connectivity index (χ1n) is 21.7. The van der Waals surface area contributed by atoms with Crippen LogP contribution < -0.4 is 16.0 Å². The highest BCUT2D eigenvalue weighted by Crippen LogP contribution is 2.40. The molecule has 0 aromatic carbocycles. The molecule has 3 aromatic heterocycles. The van der Waals surface area contributed by atoms with E-state index in [2.05, 4.69) is 25.9 Å². The van der Waals surface area contributed by atoms with Crippen molar-refractivity contribution in [3.63, 3.8) is 0 Å². The van der Waals surface area contributed by atoms with Gasteiger partial charge < -0.3 is 30.7 Å². The first-order valence-corrected chi connectivity index (χ1v) is 26.5. The van der Waals surface area contributed by atoms with Crippen molar-refractivity contribution in [1.82, 2.24) is 35.9 Å². The van der Waals surface area contributed by atoms with Gasteiger partial charge >= 0.3 is 5.97 Å². The lowest BCUT2D eigenvalue weighted by Crippen LogP contribution is -2.27. The molecule has 366 valence electrons. The number of amides is 2. The molecule has 8 bridgehead atoms. The van der Waals surface area contributed by atoms with E-state index in [1.807, 2.05) is 39.8 Å². The molecule has 2 amide bonds. The number of rotatable bonds is 21. The minimum absolute atomic E-state index is 0.0236. The zero-order valence-electron chi connectivity index (χ0n) is 38.5. The van der Waals surface area contributed by atoms with E-state index in [-0.39, 0.29) is 80.3 Å². The summed E-state index contributed by atoms with van der Waals surface area (Å²) >= 11 is 0. The van der Waals surface area contributed by atoms with Crippen LogP contribution in [-0.4, -0.2) is 121 Å². The van der Waals surface area contributed by atoms with Gasteiger partial charge in [-0.25, -0.2) is 9.97 Å². The summed E-state index contributed by atoms with van der Waals surface area (Å²) in [4.78, 5) is 58.2. The summed E-state index contributed by atoms with van der Waals surface area (Å²) in [7, 11) is -11.5. The number of nitrogens with one attached hydrogen (secondary N) is 5. The van der Waals surface area contributed by atoms with Crippen LogP contribution in [0.1, 0.15) is 116 Å². The molecule has 67 heavy (non-hydrogen) atoms. The molecule has 0 aliphatic carbocycles. The molecule has 0 fully saturated rings. The molecule has 23 heteroatoms. The molecule has 0 spiro atoms. The lowest BCUT2D eigenvalue weighted by molar-refractivity contribution is -0.139. The van der Waals surface area contributed by atoms with Gasteiger partial charge in [-0.15, -0.1) is 0 Å². The Hall–Kier alpha value is -5.30. The van der Waals surface area contributed by atoms with E-state index in [0.717, 1.165) is 33.3 Å². The number of carbonyl (C=O) groups excluding carboxylic acids is 3. The van der Waals surface area contributed by atoms with Crippen LogP contribution >= 0.6 is 0 Å². The van der Waals surface area contributed by atoms with E-state index < -0.39 is 71.8 Å². The number of allylic oxidation sites excluding steroid dienone is 3. The molecular weight excluding hydrogens is 931 g/mol. The highest BCUT2D eigenvalue weighted by molar-refractivity contribution is 7.86. The third kappa shape index (κ3) is 13.7. The molecule has 5 rings (SSSR count). The molecular formula is C44H59N7O13S3. The first kappa shape index (κ1) is 52.7. The number of methoxy groups -OCH3 is 1. The maximum atomic E-state index is 14.3. The van der Waals surface area contributed by atoms with Gasteiger partial charge in [-0.05, 0) is 130 Å². The number of aromatic amines is 2. The van der Waals surface area contributed by atoms with Gasteiger partial charge in [0.2, 0.25) is 5.91 Å². The second-order valence-corrected chi connectivity index (χ2v) is 21.3. The Labute approximate surface area is 390 Å². The van der Waals surface area contributed by atoms with Crippen LogP contribution in [0.5, 0.6) is 0 Å². The second-order valence-electron chi connectivity index (χ2n) is 16.6. The van der Waals surface area contributed by atoms with Crippen LogP contribution in [-0.2, 0) is 62.3 Å². The maximum absolute atomic E-state index is 14.3. The van der Waals surface area contributed by atoms with Crippen molar-refractivity contribution >= 4 is 92.5 Å². The molecule has 1 atom stereocenters. The molecule has 3 aromatic rings. The Morgan fingerprint density at radius 3 is 1.84 bits per heavy atom. The summed E-state index contributed by atoms with van der Waals surface area (Å²) in [5.41, 5.74) is 9.50. The normalized spacial score (nSPS) is 13.8. The minimum Gasteiger partial charge on any atom is -0.469 e. The van der Waals surface area contributed by atoms with Crippen LogP contribution in [0.2, 0.25) is 0 Å². The summed E-state index contributed by atoms with van der Waals surface area (Å²) in [5.74, 6) is -3.29. The van der Waals surface area contributed by atoms with Crippen molar-refractivity contribution in [2.75, 3.05) is 44.0 Å². The monoisotopic (exact) mass is 989 g/mol. The van der Waals surface area contributed by atoms with Crippen LogP contribution in [0.4, 0.5) is 0 Å². The molecule has 20 nitrogen and oxygen atoms in total. The predicted molar refractivity (Wildman–Crippen MR) is 255 cm³/mol. The molecule has 0 saturated heterocycles. The summed E-state index contributed by atoms with van der Waals surface area (Å²) in [6, 6.07) is 5.30. The summed E-state index contributed by atoms with van der Waals surface area (Å²) in [6.07, 6.45) is 0.192. The molecule has 0 radical (unpaired) electrons. The number of ether oxygens (including phenoxy) is 1. The van der Waals surface area contributed by atoms with Crippen LogP contribution in [0.25, 0.3) is 44.4 Å². The SMILES string of the molecule is CCc1c(C)c2cc3[nH]c(cc4nc(c(CC(=O)OC)c5nc(cc1[nH]2)C(C)=C5C(=O)NCCCS(=O)(=O)O)C(CCC(=O)NCCCS(=O)(=O)O)=C4C)c(C)c3C(C)NCCCS(=O)(=O)O. The standard InChI is InChI=1S/C44H59N7O13S3/c1-8-29-24(2)32-23-37-40(28(6)45-14-9-17-65(55,56)57)26(4)34(49-37)21-33-25(3)30(12-13-38(52)46-15-10-18-66(58,59)60)42(50-33)31(20-39(53)64-7)43-41(27(5)35(51-43)22-36(29)48-32)44(54)47-16-11-19-67(61,62)63/h21-23,28,45,48-49H,8-20H2,1-7H3,(H,46,52)(H,47,54)(H,55,56,57)(H,58,59,60)(H,61,62,63). The maximum Gasteiger partial charge on any atom is 0.310 e. The lowest BCUT2D eigenvalue weighted by Gasteiger charge is -2.14. The van der Waals surface area contributed by atoms with Gasteiger partial charge in [-0.2, -0.15) is 25.3 Å². The molecule has 1 unspecified atom stereocenters. The quantitative estimate of drug-likeness (QED) is 0.0412. The van der Waals surface area contributed by atoms with E-state index >= 15 is 0 Å². The number of aryl methyl sites for hydroxylation is 3. The van der Waals surface area contributed by atoms with Crippen molar-refractivity contribution in [2.45, 2.75) is 92.5 Å². The molecule has 0 saturated carbocycles. The lowest BCUT2D eigenvalue weighted by atomic mass is 9.93. The van der Waals surface area contributed by atoms with Crippen molar-refractivity contribution in [2.24, 2.45) is 0 Å². The fourth-order valence-electron chi connectivity index (χ4n) is 8.32.